The summed E-state index contributed by atoms with van der Waals surface area (Å²) in [5, 5.41) is 0. The van der Waals surface area contributed by atoms with Gasteiger partial charge < -0.3 is 18.9 Å². The van der Waals surface area contributed by atoms with Gasteiger partial charge in [-0.25, -0.2) is 9.59 Å². The van der Waals surface area contributed by atoms with E-state index < -0.39 is 59.4 Å². The van der Waals surface area contributed by atoms with E-state index in [4.69, 9.17) is 18.9 Å². The quantitative estimate of drug-likeness (QED) is 0.285. The Labute approximate surface area is 237 Å². The first kappa shape index (κ1) is 31.8. The van der Waals surface area contributed by atoms with Gasteiger partial charge in [-0.15, -0.1) is 0 Å². The molecule has 0 spiro atoms. The maximum absolute atomic E-state index is 13.2. The number of likely N-dealkylation sites (tertiary alicyclic amines) is 1. The Balaban J connectivity index is 1.88. The van der Waals surface area contributed by atoms with Crippen LogP contribution < -0.4 is 0 Å². The van der Waals surface area contributed by atoms with Gasteiger partial charge in [-0.3, -0.25) is 9.69 Å². The van der Waals surface area contributed by atoms with Crippen LogP contribution in [-0.2, 0) is 36.3 Å². The summed E-state index contributed by atoms with van der Waals surface area (Å²) in [6.45, 7) is 11.3. The molecule has 1 fully saturated rings. The van der Waals surface area contributed by atoms with Crippen molar-refractivity contribution < 1.29 is 46.5 Å². The molecule has 3 atom stereocenters. The standard InChI is InChI=1S/C30H36F3NO7/c1-18(35)38-25-23(16-19-8-10-20(11-9-19)21-12-14-22(15-13-21)30(31,32)33)34(26(36)40-28(2,3)4)17-24(25)39-27(37)41-29(5,6)7/h8-15,23-25H,16-17H2,1-7H3/t23-,24+,25+/m1/s1. The summed E-state index contributed by atoms with van der Waals surface area (Å²) in [6.07, 6.45) is -7.88. The molecular formula is C30H36F3NO7. The number of ether oxygens (including phenoxy) is 4. The molecule has 0 saturated carbocycles. The maximum atomic E-state index is 13.2. The second kappa shape index (κ2) is 12.0. The van der Waals surface area contributed by atoms with Crippen LogP contribution in [0.15, 0.2) is 48.5 Å². The first-order valence-corrected chi connectivity index (χ1v) is 13.2. The summed E-state index contributed by atoms with van der Waals surface area (Å²) < 4.78 is 60.7. The Morgan fingerprint density at radius 2 is 1.32 bits per heavy atom. The van der Waals surface area contributed by atoms with Crippen LogP contribution in [0.25, 0.3) is 11.1 Å². The minimum absolute atomic E-state index is 0.0968. The van der Waals surface area contributed by atoms with Crippen molar-refractivity contribution in [2.75, 3.05) is 6.54 Å². The van der Waals surface area contributed by atoms with Crippen LogP contribution in [-0.4, -0.2) is 59.1 Å². The molecule has 8 nitrogen and oxygen atoms in total. The van der Waals surface area contributed by atoms with Crippen molar-refractivity contribution in [3.05, 3.63) is 59.7 Å². The lowest BCUT2D eigenvalue weighted by Gasteiger charge is -2.30. The van der Waals surface area contributed by atoms with E-state index in [-0.39, 0.29) is 13.0 Å². The van der Waals surface area contributed by atoms with Gasteiger partial charge in [0.2, 0.25) is 0 Å². The first-order valence-electron chi connectivity index (χ1n) is 13.2. The normalized spacial score (nSPS) is 19.5. The fraction of sp³-hybridized carbons (Fsp3) is 0.500. The molecule has 2 aromatic carbocycles. The third-order valence-corrected chi connectivity index (χ3v) is 6.03. The summed E-state index contributed by atoms with van der Waals surface area (Å²) in [5.41, 5.74) is -0.335. The number of rotatable bonds is 5. The van der Waals surface area contributed by atoms with Gasteiger partial charge in [-0.2, -0.15) is 13.2 Å². The number of carbonyl (C=O) groups excluding carboxylic acids is 3. The van der Waals surface area contributed by atoms with Crippen molar-refractivity contribution in [3.8, 4) is 11.1 Å². The van der Waals surface area contributed by atoms with E-state index in [0.717, 1.165) is 17.7 Å². The molecule has 3 rings (SSSR count). The topological polar surface area (TPSA) is 91.4 Å². The minimum atomic E-state index is -4.42. The summed E-state index contributed by atoms with van der Waals surface area (Å²) in [4.78, 5) is 39.1. The van der Waals surface area contributed by atoms with Gasteiger partial charge >= 0.3 is 24.4 Å². The molecular weight excluding hydrogens is 543 g/mol. The predicted molar refractivity (Wildman–Crippen MR) is 144 cm³/mol. The van der Waals surface area contributed by atoms with Crippen LogP contribution in [0.1, 0.15) is 59.6 Å². The first-order chi connectivity index (χ1) is 18.8. The molecule has 0 aliphatic carbocycles. The molecule has 1 amide bonds. The lowest BCUT2D eigenvalue weighted by atomic mass is 9.97. The van der Waals surface area contributed by atoms with Gasteiger partial charge in [-0.1, -0.05) is 36.4 Å². The summed E-state index contributed by atoms with van der Waals surface area (Å²) >= 11 is 0. The lowest BCUT2D eigenvalue weighted by molar-refractivity contribution is -0.153. The number of carbonyl (C=O) groups is 3. The van der Waals surface area contributed by atoms with Crippen LogP contribution in [0.3, 0.4) is 0 Å². The zero-order chi connectivity index (χ0) is 30.8. The Hall–Kier alpha value is -3.76. The van der Waals surface area contributed by atoms with Gasteiger partial charge in [0.25, 0.3) is 0 Å². The molecule has 11 heteroatoms. The Morgan fingerprint density at radius 1 is 0.805 bits per heavy atom. The maximum Gasteiger partial charge on any atom is 0.509 e. The fourth-order valence-corrected chi connectivity index (χ4v) is 4.39. The SMILES string of the molecule is CC(=O)O[C@@H]1[C@@H](OC(=O)OC(C)(C)C)CN(C(=O)OC(C)(C)C)[C@@H]1Cc1ccc(-c2ccc(C(F)(F)F)cc2)cc1. The second-order valence-corrected chi connectivity index (χ2v) is 11.9. The molecule has 224 valence electrons. The number of nitrogens with zero attached hydrogens (tertiary/aromatic N) is 1. The van der Waals surface area contributed by atoms with E-state index in [0.29, 0.717) is 11.1 Å². The molecule has 2 aromatic rings. The van der Waals surface area contributed by atoms with E-state index in [2.05, 4.69) is 0 Å². The number of halogens is 3. The predicted octanol–water partition coefficient (Wildman–Crippen LogP) is 6.79. The van der Waals surface area contributed by atoms with E-state index in [9.17, 15) is 27.6 Å². The smallest absolute Gasteiger partial charge is 0.456 e. The lowest BCUT2D eigenvalue weighted by Crippen LogP contribution is -2.45. The van der Waals surface area contributed by atoms with E-state index in [1.165, 1.54) is 24.0 Å². The Morgan fingerprint density at radius 3 is 1.78 bits per heavy atom. The number of benzene rings is 2. The number of esters is 1. The van der Waals surface area contributed by atoms with Gasteiger partial charge in [0.1, 0.15) is 11.2 Å². The van der Waals surface area contributed by atoms with Crippen LogP contribution >= 0.6 is 0 Å². The van der Waals surface area contributed by atoms with E-state index >= 15 is 0 Å². The Bertz CT molecular complexity index is 1230. The van der Waals surface area contributed by atoms with Gasteiger partial charge in [0, 0.05) is 6.92 Å². The molecule has 0 N–H and O–H groups in total. The molecule has 1 aliphatic heterocycles. The van der Waals surface area contributed by atoms with Crippen LogP contribution in [0.2, 0.25) is 0 Å². The molecule has 0 unspecified atom stereocenters. The van der Waals surface area contributed by atoms with E-state index in [1.807, 2.05) is 0 Å². The van der Waals surface area contributed by atoms with Crippen molar-refractivity contribution in [1.82, 2.24) is 4.90 Å². The van der Waals surface area contributed by atoms with Gasteiger partial charge in [-0.05, 0) is 76.8 Å². The molecule has 1 aliphatic rings. The monoisotopic (exact) mass is 579 g/mol. The van der Waals surface area contributed by atoms with Crippen molar-refractivity contribution in [2.45, 2.75) is 90.5 Å². The van der Waals surface area contributed by atoms with Crippen LogP contribution in [0.4, 0.5) is 22.8 Å². The highest BCUT2D eigenvalue weighted by molar-refractivity contribution is 5.71. The summed E-state index contributed by atoms with van der Waals surface area (Å²) in [7, 11) is 0. The second-order valence-electron chi connectivity index (χ2n) is 11.9. The highest BCUT2D eigenvalue weighted by Gasteiger charge is 2.49. The molecule has 0 radical (unpaired) electrons. The largest absolute Gasteiger partial charge is 0.509 e. The highest BCUT2D eigenvalue weighted by Crippen LogP contribution is 2.32. The zero-order valence-electron chi connectivity index (χ0n) is 24.2. The summed E-state index contributed by atoms with van der Waals surface area (Å²) in [6, 6.07) is 11.1. The molecule has 41 heavy (non-hydrogen) atoms. The van der Waals surface area contributed by atoms with E-state index in [1.54, 1.807) is 65.8 Å². The van der Waals surface area contributed by atoms with Crippen molar-refractivity contribution >= 4 is 18.2 Å². The third-order valence-electron chi connectivity index (χ3n) is 6.03. The molecule has 1 heterocycles. The van der Waals surface area contributed by atoms with Gasteiger partial charge in [0.15, 0.2) is 12.2 Å². The number of amides is 1. The van der Waals surface area contributed by atoms with Crippen molar-refractivity contribution in [2.24, 2.45) is 0 Å². The number of hydrogen-bond donors (Lipinski definition) is 0. The molecule has 0 aromatic heterocycles. The van der Waals surface area contributed by atoms with Crippen LogP contribution in [0.5, 0.6) is 0 Å². The molecule has 1 saturated heterocycles. The fourth-order valence-electron chi connectivity index (χ4n) is 4.39. The average molecular weight is 580 g/mol. The summed E-state index contributed by atoms with van der Waals surface area (Å²) in [5.74, 6) is -0.624. The highest BCUT2D eigenvalue weighted by atomic mass is 19.4. The van der Waals surface area contributed by atoms with Crippen molar-refractivity contribution in [3.63, 3.8) is 0 Å². The average Bonchev–Trinajstić information content (AvgIpc) is 3.13. The van der Waals surface area contributed by atoms with Crippen molar-refractivity contribution in [1.29, 1.82) is 0 Å². The Kier molecular flexibility index (Phi) is 9.30. The minimum Gasteiger partial charge on any atom is -0.456 e. The van der Waals surface area contributed by atoms with Gasteiger partial charge in [0.05, 0.1) is 18.2 Å². The van der Waals surface area contributed by atoms with Crippen LogP contribution in [0, 0.1) is 0 Å². The third kappa shape index (κ3) is 9.12. The number of alkyl halides is 3. The number of hydrogen-bond acceptors (Lipinski definition) is 7. The zero-order valence-corrected chi connectivity index (χ0v) is 24.2. The molecule has 0 bridgehead atoms.